The first-order chi connectivity index (χ1) is 9.60. The van der Waals surface area contributed by atoms with E-state index in [2.05, 4.69) is 0 Å². The highest BCUT2D eigenvalue weighted by atomic mass is 19.2. The molecule has 0 aliphatic carbocycles. The molecule has 104 valence electrons. The van der Waals surface area contributed by atoms with E-state index in [0.717, 1.165) is 24.1 Å². The smallest absolute Gasteiger partial charge is 0.200 e. The maximum Gasteiger partial charge on any atom is 0.200 e. The van der Waals surface area contributed by atoms with Gasteiger partial charge in [-0.1, -0.05) is 31.2 Å². The third-order valence-corrected chi connectivity index (χ3v) is 2.95. The standard InChI is InChI=1S/C16H14F2O2/c1-2-11-3-5-12(6-4-11)16(19)10-20-13-7-8-14(17)15(18)9-13/h3-9H,2,10H2,1H3. The van der Waals surface area contributed by atoms with Crippen molar-refractivity contribution in [2.24, 2.45) is 0 Å². The lowest BCUT2D eigenvalue weighted by atomic mass is 10.1. The fourth-order valence-electron chi connectivity index (χ4n) is 1.73. The molecule has 0 radical (unpaired) electrons. The van der Waals surface area contributed by atoms with Crippen molar-refractivity contribution in [1.29, 1.82) is 0 Å². The van der Waals surface area contributed by atoms with Crippen LogP contribution >= 0.6 is 0 Å². The Balaban J connectivity index is 1.98. The van der Waals surface area contributed by atoms with Crippen LogP contribution in [0.5, 0.6) is 5.75 Å². The fraction of sp³-hybridized carbons (Fsp3) is 0.188. The third-order valence-electron chi connectivity index (χ3n) is 2.95. The van der Waals surface area contributed by atoms with Crippen molar-refractivity contribution >= 4 is 5.78 Å². The fourth-order valence-corrected chi connectivity index (χ4v) is 1.73. The van der Waals surface area contributed by atoms with Crippen LogP contribution in [0.3, 0.4) is 0 Å². The van der Waals surface area contributed by atoms with Crippen LogP contribution in [0.4, 0.5) is 8.78 Å². The molecule has 0 atom stereocenters. The minimum Gasteiger partial charge on any atom is -0.485 e. The second kappa shape index (κ2) is 6.28. The summed E-state index contributed by atoms with van der Waals surface area (Å²) in [5, 5.41) is 0. The Morgan fingerprint density at radius 2 is 1.75 bits per heavy atom. The molecule has 0 bridgehead atoms. The van der Waals surface area contributed by atoms with E-state index in [9.17, 15) is 13.6 Å². The zero-order valence-corrected chi connectivity index (χ0v) is 11.0. The van der Waals surface area contributed by atoms with Crippen LogP contribution in [0.2, 0.25) is 0 Å². The lowest BCUT2D eigenvalue weighted by Crippen LogP contribution is -2.11. The lowest BCUT2D eigenvalue weighted by molar-refractivity contribution is 0.0921. The van der Waals surface area contributed by atoms with E-state index >= 15 is 0 Å². The van der Waals surface area contributed by atoms with Gasteiger partial charge in [0.1, 0.15) is 5.75 Å². The Labute approximate surface area is 116 Å². The first-order valence-electron chi connectivity index (χ1n) is 6.30. The molecule has 0 amide bonds. The first kappa shape index (κ1) is 14.2. The lowest BCUT2D eigenvalue weighted by Gasteiger charge is -2.06. The van der Waals surface area contributed by atoms with E-state index in [1.807, 2.05) is 19.1 Å². The minimum absolute atomic E-state index is 0.127. The molecule has 0 saturated carbocycles. The maximum atomic E-state index is 13.0. The van der Waals surface area contributed by atoms with Gasteiger partial charge in [0.05, 0.1) is 0 Å². The summed E-state index contributed by atoms with van der Waals surface area (Å²) >= 11 is 0. The average molecular weight is 276 g/mol. The van der Waals surface area contributed by atoms with Crippen LogP contribution < -0.4 is 4.74 Å². The van der Waals surface area contributed by atoms with E-state index < -0.39 is 11.6 Å². The largest absolute Gasteiger partial charge is 0.485 e. The number of carbonyl (C=O) groups excluding carboxylic acids is 1. The highest BCUT2D eigenvalue weighted by molar-refractivity contribution is 5.97. The average Bonchev–Trinajstić information content (AvgIpc) is 2.48. The Morgan fingerprint density at radius 3 is 2.35 bits per heavy atom. The van der Waals surface area contributed by atoms with Crippen LogP contribution in [0.25, 0.3) is 0 Å². The highest BCUT2D eigenvalue weighted by Gasteiger charge is 2.08. The molecule has 0 N–H and O–H groups in total. The van der Waals surface area contributed by atoms with Gasteiger partial charge in [0.25, 0.3) is 0 Å². The number of ether oxygens (including phenoxy) is 1. The molecule has 0 aromatic heterocycles. The Kier molecular flexibility index (Phi) is 4.45. The summed E-state index contributed by atoms with van der Waals surface area (Å²) in [7, 11) is 0. The molecule has 0 unspecified atom stereocenters. The van der Waals surface area contributed by atoms with Gasteiger partial charge in [-0.15, -0.1) is 0 Å². The van der Waals surface area contributed by atoms with Gasteiger partial charge in [-0.25, -0.2) is 8.78 Å². The van der Waals surface area contributed by atoms with Gasteiger partial charge in [-0.3, -0.25) is 4.79 Å². The third kappa shape index (κ3) is 3.41. The summed E-state index contributed by atoms with van der Waals surface area (Å²) in [4.78, 5) is 11.9. The van der Waals surface area contributed by atoms with Crippen LogP contribution in [-0.4, -0.2) is 12.4 Å². The number of aryl methyl sites for hydroxylation is 1. The van der Waals surface area contributed by atoms with Crippen molar-refractivity contribution in [1.82, 2.24) is 0 Å². The number of ketones is 1. The SMILES string of the molecule is CCc1ccc(C(=O)COc2ccc(F)c(F)c2)cc1. The van der Waals surface area contributed by atoms with E-state index in [-0.39, 0.29) is 18.1 Å². The van der Waals surface area contributed by atoms with E-state index in [0.29, 0.717) is 5.56 Å². The van der Waals surface area contributed by atoms with E-state index in [1.54, 1.807) is 12.1 Å². The zero-order chi connectivity index (χ0) is 14.5. The first-order valence-corrected chi connectivity index (χ1v) is 6.30. The topological polar surface area (TPSA) is 26.3 Å². The summed E-state index contributed by atoms with van der Waals surface area (Å²) in [5.74, 6) is -2.03. The maximum absolute atomic E-state index is 13.0. The Morgan fingerprint density at radius 1 is 1.05 bits per heavy atom. The van der Waals surface area contributed by atoms with Gasteiger partial charge in [0.15, 0.2) is 24.0 Å². The van der Waals surface area contributed by atoms with Crippen LogP contribution in [0.1, 0.15) is 22.8 Å². The molecule has 0 saturated heterocycles. The molecule has 2 nitrogen and oxygen atoms in total. The second-order valence-corrected chi connectivity index (χ2v) is 4.34. The summed E-state index contributed by atoms with van der Waals surface area (Å²) in [6.45, 7) is 1.82. The molecule has 20 heavy (non-hydrogen) atoms. The van der Waals surface area contributed by atoms with Crippen LogP contribution in [0, 0.1) is 11.6 Å². The Hall–Kier alpha value is -2.23. The minimum atomic E-state index is -0.998. The molecular weight excluding hydrogens is 262 g/mol. The number of hydrogen-bond acceptors (Lipinski definition) is 2. The van der Waals surface area contributed by atoms with Crippen molar-refractivity contribution in [2.75, 3.05) is 6.61 Å². The normalized spacial score (nSPS) is 10.3. The molecule has 2 aromatic rings. The number of hydrogen-bond donors (Lipinski definition) is 0. The van der Waals surface area contributed by atoms with Crippen LogP contribution in [0.15, 0.2) is 42.5 Å². The van der Waals surface area contributed by atoms with Gasteiger partial charge in [-0.2, -0.15) is 0 Å². The molecule has 2 aromatic carbocycles. The van der Waals surface area contributed by atoms with Crippen molar-refractivity contribution in [3.05, 3.63) is 65.2 Å². The summed E-state index contributed by atoms with van der Waals surface area (Å²) in [6, 6.07) is 10.4. The summed E-state index contributed by atoms with van der Waals surface area (Å²) in [5.41, 5.74) is 1.67. The predicted octanol–water partition coefficient (Wildman–Crippen LogP) is 3.79. The van der Waals surface area contributed by atoms with Crippen molar-refractivity contribution in [3.63, 3.8) is 0 Å². The quantitative estimate of drug-likeness (QED) is 0.777. The molecule has 0 heterocycles. The number of benzene rings is 2. The number of carbonyl (C=O) groups is 1. The summed E-state index contributed by atoms with van der Waals surface area (Å²) in [6.07, 6.45) is 0.903. The van der Waals surface area contributed by atoms with E-state index in [4.69, 9.17) is 4.74 Å². The van der Waals surface area contributed by atoms with Crippen molar-refractivity contribution < 1.29 is 18.3 Å². The highest BCUT2D eigenvalue weighted by Crippen LogP contribution is 2.16. The van der Waals surface area contributed by atoms with Gasteiger partial charge >= 0.3 is 0 Å². The monoisotopic (exact) mass is 276 g/mol. The van der Waals surface area contributed by atoms with Crippen molar-refractivity contribution in [3.8, 4) is 5.75 Å². The molecule has 0 fully saturated rings. The van der Waals surface area contributed by atoms with E-state index in [1.165, 1.54) is 6.07 Å². The van der Waals surface area contributed by atoms with Crippen LogP contribution in [-0.2, 0) is 6.42 Å². The van der Waals surface area contributed by atoms with Gasteiger partial charge < -0.3 is 4.74 Å². The van der Waals surface area contributed by atoms with Gasteiger partial charge in [0.2, 0.25) is 0 Å². The molecule has 0 spiro atoms. The Bertz CT molecular complexity index is 606. The second-order valence-electron chi connectivity index (χ2n) is 4.34. The summed E-state index contributed by atoms with van der Waals surface area (Å²) < 4.78 is 30.9. The predicted molar refractivity (Wildman–Crippen MR) is 72.0 cm³/mol. The zero-order valence-electron chi connectivity index (χ0n) is 11.0. The van der Waals surface area contributed by atoms with Gasteiger partial charge in [-0.05, 0) is 24.1 Å². The molecule has 4 heteroatoms. The molecular formula is C16H14F2O2. The molecule has 2 rings (SSSR count). The van der Waals surface area contributed by atoms with Crippen molar-refractivity contribution in [2.45, 2.75) is 13.3 Å². The molecule has 0 aliphatic heterocycles. The number of Topliss-reactive ketones (excluding diaryl/α,β-unsaturated/α-hetero) is 1. The van der Waals surface area contributed by atoms with Gasteiger partial charge in [0, 0.05) is 11.6 Å². The number of rotatable bonds is 5. The number of halogens is 2. The molecule has 0 aliphatic rings.